The van der Waals surface area contributed by atoms with Crippen LogP contribution in [-0.4, -0.2) is 12.3 Å². The first-order valence-corrected chi connectivity index (χ1v) is 6.25. The van der Waals surface area contributed by atoms with Gasteiger partial charge in [-0.25, -0.2) is 0 Å². The fourth-order valence-electron chi connectivity index (χ4n) is 2.13. The summed E-state index contributed by atoms with van der Waals surface area (Å²) in [6.07, 6.45) is 1.26. The fraction of sp³-hybridized carbons (Fsp3) is 0.929. The summed E-state index contributed by atoms with van der Waals surface area (Å²) in [5, 5.41) is 0. The molecule has 0 saturated carbocycles. The summed E-state index contributed by atoms with van der Waals surface area (Å²) in [5.41, 5.74) is 0.00113. The van der Waals surface area contributed by atoms with Crippen molar-refractivity contribution in [1.82, 2.24) is 0 Å². The van der Waals surface area contributed by atoms with Gasteiger partial charge in [-0.15, -0.1) is 0 Å². The molecule has 0 fully saturated rings. The third-order valence-corrected chi connectivity index (χ3v) is 4.68. The maximum Gasteiger partial charge on any atom is 0.0573 e. The highest BCUT2D eigenvalue weighted by Crippen LogP contribution is 2.35. The first-order chi connectivity index (χ1) is 6.77. The number of nitrogens with zero attached hydrogens (tertiary/aromatic N) is 1. The van der Waals surface area contributed by atoms with E-state index in [0.29, 0.717) is 11.8 Å². The largest absolute Gasteiger partial charge is 0.295 e. The van der Waals surface area contributed by atoms with Gasteiger partial charge in [0.2, 0.25) is 0 Å². The lowest BCUT2D eigenvalue weighted by Crippen LogP contribution is -2.35. The van der Waals surface area contributed by atoms with Crippen molar-refractivity contribution in [2.45, 2.75) is 60.4 Å². The van der Waals surface area contributed by atoms with Crippen LogP contribution in [0.2, 0.25) is 0 Å². The van der Waals surface area contributed by atoms with E-state index in [0.717, 1.165) is 11.8 Å². The molecule has 0 aromatic carbocycles. The first kappa shape index (κ1) is 14.7. The number of hydrogen-bond donors (Lipinski definition) is 0. The molecule has 0 bridgehead atoms. The number of aliphatic imine (C=N–C) groups is 1. The average molecular weight is 211 g/mol. The van der Waals surface area contributed by atoms with Crippen LogP contribution >= 0.6 is 0 Å². The smallest absolute Gasteiger partial charge is 0.0573 e. The van der Waals surface area contributed by atoms with E-state index in [1.807, 2.05) is 0 Å². The molecule has 0 radical (unpaired) electrons. The summed E-state index contributed by atoms with van der Waals surface area (Å²) in [4.78, 5) is 4.26. The first-order valence-electron chi connectivity index (χ1n) is 6.25. The standard InChI is InChI=1S/C14H29N/c1-9-10(2)11(3)12(4)13(5)14(6,7)15-8/h10-13H,8-9H2,1-7H3. The summed E-state index contributed by atoms with van der Waals surface area (Å²) in [5.74, 6) is 2.83. The Morgan fingerprint density at radius 3 is 1.87 bits per heavy atom. The molecule has 0 amide bonds. The maximum atomic E-state index is 4.26. The van der Waals surface area contributed by atoms with E-state index in [4.69, 9.17) is 0 Å². The molecule has 0 heterocycles. The molecule has 0 rings (SSSR count). The number of rotatable bonds is 6. The maximum absolute atomic E-state index is 4.26. The molecule has 1 heteroatoms. The van der Waals surface area contributed by atoms with Crippen LogP contribution in [0.4, 0.5) is 0 Å². The van der Waals surface area contributed by atoms with Gasteiger partial charge < -0.3 is 0 Å². The lowest BCUT2D eigenvalue weighted by molar-refractivity contribution is 0.157. The van der Waals surface area contributed by atoms with E-state index in [1.165, 1.54) is 6.42 Å². The molecular formula is C14H29N. The molecule has 0 aromatic rings. The van der Waals surface area contributed by atoms with Gasteiger partial charge >= 0.3 is 0 Å². The van der Waals surface area contributed by atoms with Crippen LogP contribution in [0.3, 0.4) is 0 Å². The highest BCUT2D eigenvalue weighted by Gasteiger charge is 2.32. The van der Waals surface area contributed by atoms with Gasteiger partial charge in [-0.2, -0.15) is 0 Å². The van der Waals surface area contributed by atoms with E-state index in [2.05, 4.69) is 60.2 Å². The van der Waals surface area contributed by atoms with Gasteiger partial charge in [-0.05, 0) is 44.2 Å². The summed E-state index contributed by atoms with van der Waals surface area (Å²) < 4.78 is 0. The van der Waals surface area contributed by atoms with Crippen LogP contribution in [0.5, 0.6) is 0 Å². The van der Waals surface area contributed by atoms with Crippen molar-refractivity contribution in [3.8, 4) is 0 Å². The molecule has 0 aromatic heterocycles. The van der Waals surface area contributed by atoms with E-state index in [-0.39, 0.29) is 5.54 Å². The second kappa shape index (κ2) is 5.67. The zero-order valence-electron chi connectivity index (χ0n) is 11.7. The van der Waals surface area contributed by atoms with Gasteiger partial charge in [-0.1, -0.05) is 41.0 Å². The molecule has 0 aliphatic carbocycles. The van der Waals surface area contributed by atoms with E-state index < -0.39 is 0 Å². The summed E-state index contributed by atoms with van der Waals surface area (Å²) >= 11 is 0. The van der Waals surface area contributed by atoms with E-state index in [1.54, 1.807) is 0 Å². The molecule has 1 nitrogen and oxygen atoms in total. The van der Waals surface area contributed by atoms with E-state index >= 15 is 0 Å². The predicted molar refractivity (Wildman–Crippen MR) is 70.6 cm³/mol. The Kier molecular flexibility index (Phi) is 5.55. The minimum absolute atomic E-state index is 0.00113. The third-order valence-electron chi connectivity index (χ3n) is 4.68. The van der Waals surface area contributed by atoms with Crippen molar-refractivity contribution in [2.75, 3.05) is 0 Å². The third kappa shape index (κ3) is 3.62. The van der Waals surface area contributed by atoms with Gasteiger partial charge in [0.25, 0.3) is 0 Å². The molecule has 4 unspecified atom stereocenters. The van der Waals surface area contributed by atoms with Crippen molar-refractivity contribution in [3.63, 3.8) is 0 Å². The molecule has 90 valence electrons. The zero-order chi connectivity index (χ0) is 12.2. The molecular weight excluding hydrogens is 182 g/mol. The van der Waals surface area contributed by atoms with Gasteiger partial charge in [-0.3, -0.25) is 4.99 Å². The van der Waals surface area contributed by atoms with Gasteiger partial charge in [0.15, 0.2) is 0 Å². The summed E-state index contributed by atoms with van der Waals surface area (Å²) in [6.45, 7) is 19.7. The zero-order valence-corrected chi connectivity index (χ0v) is 11.7. The molecule has 0 spiro atoms. The fourth-order valence-corrected chi connectivity index (χ4v) is 2.13. The van der Waals surface area contributed by atoms with Crippen LogP contribution in [0.15, 0.2) is 4.99 Å². The van der Waals surface area contributed by atoms with Crippen molar-refractivity contribution in [3.05, 3.63) is 0 Å². The Balaban J connectivity index is 4.56. The van der Waals surface area contributed by atoms with Crippen molar-refractivity contribution < 1.29 is 0 Å². The predicted octanol–water partition coefficient (Wildman–Crippen LogP) is 4.42. The molecule has 15 heavy (non-hydrogen) atoms. The Morgan fingerprint density at radius 1 is 1.07 bits per heavy atom. The van der Waals surface area contributed by atoms with Crippen LogP contribution < -0.4 is 0 Å². The molecule has 0 saturated heterocycles. The van der Waals surface area contributed by atoms with Gasteiger partial charge in [0.05, 0.1) is 5.54 Å². The molecule has 0 N–H and O–H groups in total. The monoisotopic (exact) mass is 211 g/mol. The average Bonchev–Trinajstić information content (AvgIpc) is 2.24. The minimum Gasteiger partial charge on any atom is -0.295 e. The van der Waals surface area contributed by atoms with Gasteiger partial charge in [0, 0.05) is 0 Å². The topological polar surface area (TPSA) is 12.4 Å². The Labute approximate surface area is 96.4 Å². The van der Waals surface area contributed by atoms with Gasteiger partial charge in [0.1, 0.15) is 0 Å². The van der Waals surface area contributed by atoms with Crippen LogP contribution in [0, 0.1) is 23.7 Å². The minimum atomic E-state index is 0.00113. The Hall–Kier alpha value is -0.330. The molecule has 0 aliphatic heterocycles. The van der Waals surface area contributed by atoms with Crippen molar-refractivity contribution in [2.24, 2.45) is 28.7 Å². The van der Waals surface area contributed by atoms with Crippen LogP contribution in [-0.2, 0) is 0 Å². The highest BCUT2D eigenvalue weighted by molar-refractivity contribution is 5.25. The van der Waals surface area contributed by atoms with Crippen molar-refractivity contribution in [1.29, 1.82) is 0 Å². The molecule has 4 atom stereocenters. The lowest BCUT2D eigenvalue weighted by atomic mass is 9.71. The lowest BCUT2D eigenvalue weighted by Gasteiger charge is -2.37. The molecule has 0 aliphatic rings. The van der Waals surface area contributed by atoms with Crippen LogP contribution in [0.25, 0.3) is 0 Å². The quantitative estimate of drug-likeness (QED) is 0.577. The SMILES string of the molecule is C=NC(C)(C)C(C)C(C)C(C)C(C)CC. The van der Waals surface area contributed by atoms with E-state index in [9.17, 15) is 0 Å². The Bertz CT molecular complexity index is 196. The van der Waals surface area contributed by atoms with Crippen LogP contribution in [0.1, 0.15) is 54.9 Å². The second-order valence-electron chi connectivity index (χ2n) is 5.70. The van der Waals surface area contributed by atoms with Crippen molar-refractivity contribution >= 4 is 6.72 Å². The normalized spacial score (nSPS) is 20.5. The Morgan fingerprint density at radius 2 is 1.53 bits per heavy atom. The second-order valence-corrected chi connectivity index (χ2v) is 5.70. The summed E-state index contributed by atoms with van der Waals surface area (Å²) in [7, 11) is 0. The highest BCUT2D eigenvalue weighted by atomic mass is 14.8. The summed E-state index contributed by atoms with van der Waals surface area (Å²) in [6, 6.07) is 0. The number of hydrogen-bond acceptors (Lipinski definition) is 1.